The highest BCUT2D eigenvalue weighted by Gasteiger charge is 2.06. The number of nitrogens with one attached hydrogen (secondary N) is 2. The third-order valence-electron chi connectivity index (χ3n) is 2.82. The van der Waals surface area contributed by atoms with Crippen LogP contribution in [0.2, 0.25) is 5.02 Å². The maximum absolute atomic E-state index is 6.08. The highest BCUT2D eigenvalue weighted by Crippen LogP contribution is 2.32. The Kier molecular flexibility index (Phi) is 3.24. The van der Waals surface area contributed by atoms with Gasteiger partial charge in [-0.2, -0.15) is 5.10 Å². The van der Waals surface area contributed by atoms with Crippen LogP contribution in [-0.4, -0.2) is 10.2 Å². The van der Waals surface area contributed by atoms with E-state index >= 15 is 0 Å². The molecule has 0 aliphatic rings. The number of fused-ring (bicyclic) bond motifs is 1. The standard InChI is InChI=1S/C13H10ClIN4/c14-10-3-8(15)4-12(13(10)16)18-9-2-1-7-6-17-19-11(7)5-9/h1-6,18H,16H2,(H,17,19). The zero-order chi connectivity index (χ0) is 13.4. The number of halogens is 2. The molecule has 0 amide bonds. The molecule has 0 bridgehead atoms. The van der Waals surface area contributed by atoms with Crippen molar-refractivity contribution in [3.63, 3.8) is 0 Å². The Bertz CT molecular complexity index is 753. The molecule has 0 aliphatic carbocycles. The van der Waals surface area contributed by atoms with E-state index in [1.807, 2.05) is 30.3 Å². The summed E-state index contributed by atoms with van der Waals surface area (Å²) in [6, 6.07) is 9.74. The molecule has 3 rings (SSSR count). The van der Waals surface area contributed by atoms with Crippen LogP contribution in [0.5, 0.6) is 0 Å². The fourth-order valence-corrected chi connectivity index (χ4v) is 2.88. The number of aromatic nitrogens is 2. The maximum Gasteiger partial charge on any atom is 0.0743 e. The molecular formula is C13H10ClIN4. The van der Waals surface area contributed by atoms with Crippen molar-refractivity contribution in [2.45, 2.75) is 0 Å². The van der Waals surface area contributed by atoms with Crippen molar-refractivity contribution in [3.8, 4) is 0 Å². The maximum atomic E-state index is 6.08. The van der Waals surface area contributed by atoms with Gasteiger partial charge < -0.3 is 11.1 Å². The predicted molar refractivity (Wildman–Crippen MR) is 88.0 cm³/mol. The Morgan fingerprint density at radius 2 is 2.11 bits per heavy atom. The summed E-state index contributed by atoms with van der Waals surface area (Å²) in [5, 5.41) is 11.8. The van der Waals surface area contributed by atoms with Crippen LogP contribution in [0.3, 0.4) is 0 Å². The SMILES string of the molecule is Nc1c(Cl)cc(I)cc1Nc1ccc2cn[nH]c2c1. The van der Waals surface area contributed by atoms with Crippen LogP contribution in [0.15, 0.2) is 36.5 Å². The van der Waals surface area contributed by atoms with Crippen molar-refractivity contribution in [1.29, 1.82) is 0 Å². The van der Waals surface area contributed by atoms with Crippen LogP contribution in [-0.2, 0) is 0 Å². The van der Waals surface area contributed by atoms with Crippen LogP contribution in [0.4, 0.5) is 17.1 Å². The molecule has 0 unspecified atom stereocenters. The number of aromatic amines is 1. The minimum absolute atomic E-state index is 0.548. The summed E-state index contributed by atoms with van der Waals surface area (Å²) >= 11 is 8.28. The number of nitrogens with zero attached hydrogens (tertiary/aromatic N) is 1. The molecule has 0 atom stereocenters. The molecular weight excluding hydrogens is 375 g/mol. The highest BCUT2D eigenvalue weighted by atomic mass is 127. The van der Waals surface area contributed by atoms with E-state index in [0.717, 1.165) is 25.8 Å². The topological polar surface area (TPSA) is 66.7 Å². The van der Waals surface area contributed by atoms with Gasteiger partial charge in [0.25, 0.3) is 0 Å². The molecule has 6 heteroatoms. The number of H-pyrrole nitrogens is 1. The first kappa shape index (κ1) is 12.6. The van der Waals surface area contributed by atoms with Crippen LogP contribution in [0.1, 0.15) is 0 Å². The van der Waals surface area contributed by atoms with Gasteiger partial charge >= 0.3 is 0 Å². The molecule has 0 spiro atoms. The normalized spacial score (nSPS) is 10.8. The fraction of sp³-hybridized carbons (Fsp3) is 0. The number of hydrogen-bond donors (Lipinski definition) is 3. The number of benzene rings is 2. The average Bonchev–Trinajstić information content (AvgIpc) is 2.82. The second-order valence-corrected chi connectivity index (χ2v) is 5.80. The quantitative estimate of drug-likeness (QED) is 0.459. The van der Waals surface area contributed by atoms with Gasteiger partial charge in [0.15, 0.2) is 0 Å². The number of hydrogen-bond acceptors (Lipinski definition) is 3. The van der Waals surface area contributed by atoms with Gasteiger partial charge in [0.2, 0.25) is 0 Å². The summed E-state index contributed by atoms with van der Waals surface area (Å²) in [5.74, 6) is 0. The molecule has 1 aromatic heterocycles. The molecule has 0 saturated carbocycles. The van der Waals surface area contributed by atoms with Gasteiger partial charge in [0.1, 0.15) is 0 Å². The molecule has 0 fully saturated rings. The molecule has 3 aromatic rings. The van der Waals surface area contributed by atoms with E-state index in [1.165, 1.54) is 0 Å². The molecule has 2 aromatic carbocycles. The van der Waals surface area contributed by atoms with Crippen molar-refractivity contribution in [1.82, 2.24) is 10.2 Å². The number of nitrogen functional groups attached to an aromatic ring is 1. The molecule has 0 saturated heterocycles. The number of nitrogens with two attached hydrogens (primary N) is 1. The van der Waals surface area contributed by atoms with Crippen molar-refractivity contribution < 1.29 is 0 Å². The lowest BCUT2D eigenvalue weighted by Crippen LogP contribution is -1.97. The molecule has 96 valence electrons. The summed E-state index contributed by atoms with van der Waals surface area (Å²) in [5.41, 5.74) is 9.23. The first-order valence-electron chi connectivity index (χ1n) is 5.58. The highest BCUT2D eigenvalue weighted by molar-refractivity contribution is 14.1. The van der Waals surface area contributed by atoms with Gasteiger partial charge in [0.05, 0.1) is 28.1 Å². The third-order valence-corrected chi connectivity index (χ3v) is 3.75. The molecule has 4 nitrogen and oxygen atoms in total. The lowest BCUT2D eigenvalue weighted by Gasteiger charge is -2.11. The van der Waals surface area contributed by atoms with Crippen molar-refractivity contribution in [2.24, 2.45) is 0 Å². The first-order valence-corrected chi connectivity index (χ1v) is 7.04. The van der Waals surface area contributed by atoms with E-state index in [1.54, 1.807) is 6.20 Å². The Balaban J connectivity index is 2.00. The lowest BCUT2D eigenvalue weighted by atomic mass is 10.2. The zero-order valence-corrected chi connectivity index (χ0v) is 12.7. The summed E-state index contributed by atoms with van der Waals surface area (Å²) < 4.78 is 1.03. The van der Waals surface area contributed by atoms with Gasteiger partial charge in [-0.25, -0.2) is 0 Å². The van der Waals surface area contributed by atoms with Crippen LogP contribution in [0, 0.1) is 3.57 Å². The zero-order valence-electron chi connectivity index (χ0n) is 9.74. The Hall–Kier alpha value is -1.47. The van der Waals surface area contributed by atoms with E-state index in [9.17, 15) is 0 Å². The summed E-state index contributed by atoms with van der Waals surface area (Å²) in [6.45, 7) is 0. The third kappa shape index (κ3) is 2.48. The molecule has 1 heterocycles. The Morgan fingerprint density at radius 3 is 2.95 bits per heavy atom. The van der Waals surface area contributed by atoms with Crippen molar-refractivity contribution >= 4 is 62.2 Å². The van der Waals surface area contributed by atoms with Gasteiger partial charge in [-0.15, -0.1) is 0 Å². The minimum atomic E-state index is 0.548. The monoisotopic (exact) mass is 384 g/mol. The summed E-state index contributed by atoms with van der Waals surface area (Å²) in [4.78, 5) is 0. The Labute approximate surface area is 128 Å². The number of rotatable bonds is 2. The lowest BCUT2D eigenvalue weighted by molar-refractivity contribution is 1.12. The van der Waals surface area contributed by atoms with E-state index < -0.39 is 0 Å². The van der Waals surface area contributed by atoms with Gasteiger partial charge in [-0.05, 0) is 52.9 Å². The van der Waals surface area contributed by atoms with E-state index in [0.29, 0.717) is 10.7 Å². The van der Waals surface area contributed by atoms with Crippen LogP contribution >= 0.6 is 34.2 Å². The van der Waals surface area contributed by atoms with Gasteiger partial charge in [-0.1, -0.05) is 11.6 Å². The fourth-order valence-electron chi connectivity index (χ4n) is 1.86. The predicted octanol–water partition coefficient (Wildman–Crippen LogP) is 4.15. The number of anilines is 3. The van der Waals surface area contributed by atoms with Crippen molar-refractivity contribution in [2.75, 3.05) is 11.1 Å². The summed E-state index contributed by atoms with van der Waals surface area (Å²) in [6.07, 6.45) is 1.79. The molecule has 19 heavy (non-hydrogen) atoms. The largest absolute Gasteiger partial charge is 0.396 e. The molecule has 0 aliphatic heterocycles. The van der Waals surface area contributed by atoms with Crippen LogP contribution < -0.4 is 11.1 Å². The van der Waals surface area contributed by atoms with Gasteiger partial charge in [-0.3, -0.25) is 5.10 Å². The van der Waals surface area contributed by atoms with E-state index in [4.69, 9.17) is 17.3 Å². The van der Waals surface area contributed by atoms with Crippen molar-refractivity contribution in [3.05, 3.63) is 45.1 Å². The van der Waals surface area contributed by atoms with Crippen LogP contribution in [0.25, 0.3) is 10.9 Å². The Morgan fingerprint density at radius 1 is 1.26 bits per heavy atom. The molecule has 4 N–H and O–H groups in total. The second kappa shape index (κ2) is 4.90. The molecule has 0 radical (unpaired) electrons. The average molecular weight is 385 g/mol. The summed E-state index contributed by atoms with van der Waals surface area (Å²) in [7, 11) is 0. The van der Waals surface area contributed by atoms with Gasteiger partial charge in [0, 0.05) is 14.6 Å². The van der Waals surface area contributed by atoms with E-state index in [2.05, 4.69) is 38.1 Å². The smallest absolute Gasteiger partial charge is 0.0743 e. The first-order chi connectivity index (χ1) is 9.13. The minimum Gasteiger partial charge on any atom is -0.396 e. The van der Waals surface area contributed by atoms with E-state index in [-0.39, 0.29) is 0 Å². The second-order valence-electron chi connectivity index (χ2n) is 4.15.